The summed E-state index contributed by atoms with van der Waals surface area (Å²) in [4.78, 5) is 29.9. The highest BCUT2D eigenvalue weighted by atomic mass is 35.5. The quantitative estimate of drug-likeness (QED) is 0.921. The van der Waals surface area contributed by atoms with Crippen molar-refractivity contribution in [2.45, 2.75) is 13.3 Å². The van der Waals surface area contributed by atoms with Gasteiger partial charge in [-0.15, -0.1) is 0 Å². The number of carbonyl (C=O) groups is 2. The Labute approximate surface area is 134 Å². The topological polar surface area (TPSA) is 62.3 Å². The van der Waals surface area contributed by atoms with E-state index in [9.17, 15) is 9.59 Å². The molecule has 0 spiro atoms. The van der Waals surface area contributed by atoms with Crippen LogP contribution in [0, 0.1) is 0 Å². The minimum absolute atomic E-state index is 0.000324. The van der Waals surface area contributed by atoms with Crippen molar-refractivity contribution in [1.82, 2.24) is 15.2 Å². The fourth-order valence-electron chi connectivity index (χ4n) is 2.13. The molecule has 1 heterocycles. The van der Waals surface area contributed by atoms with Crippen LogP contribution in [0.5, 0.6) is 0 Å². The second-order valence-electron chi connectivity index (χ2n) is 5.04. The fourth-order valence-corrected chi connectivity index (χ4v) is 2.36. The summed E-state index contributed by atoms with van der Waals surface area (Å²) in [5.41, 5.74) is 0.978. The molecule has 0 aliphatic heterocycles. The molecule has 0 fully saturated rings. The highest BCUT2D eigenvalue weighted by Crippen LogP contribution is 2.23. The van der Waals surface area contributed by atoms with E-state index >= 15 is 0 Å². The van der Waals surface area contributed by atoms with Gasteiger partial charge in [0.2, 0.25) is 5.91 Å². The van der Waals surface area contributed by atoms with Gasteiger partial charge in [0, 0.05) is 30.2 Å². The SMILES string of the molecule is CCCNC(=O)CN(C)C(=O)c1cc(Cl)cc2cccnc12. The Morgan fingerprint density at radius 3 is 2.86 bits per heavy atom. The molecule has 0 saturated heterocycles. The van der Waals surface area contributed by atoms with Crippen molar-refractivity contribution in [2.75, 3.05) is 20.1 Å². The molecule has 2 amide bonds. The van der Waals surface area contributed by atoms with Gasteiger partial charge in [0.05, 0.1) is 17.6 Å². The lowest BCUT2D eigenvalue weighted by molar-refractivity contribution is -0.121. The zero-order chi connectivity index (χ0) is 16.1. The van der Waals surface area contributed by atoms with Crippen LogP contribution < -0.4 is 5.32 Å². The molecule has 1 aromatic carbocycles. The summed E-state index contributed by atoms with van der Waals surface area (Å²) in [6, 6.07) is 6.97. The van der Waals surface area contributed by atoms with Crippen LogP contribution in [0.15, 0.2) is 30.5 Å². The van der Waals surface area contributed by atoms with Crippen LogP contribution in [0.1, 0.15) is 23.7 Å². The molecule has 0 bridgehead atoms. The van der Waals surface area contributed by atoms with E-state index in [4.69, 9.17) is 11.6 Å². The Kier molecular flexibility index (Phi) is 5.33. The van der Waals surface area contributed by atoms with Gasteiger partial charge >= 0.3 is 0 Å². The number of aromatic nitrogens is 1. The lowest BCUT2D eigenvalue weighted by Crippen LogP contribution is -2.38. The lowest BCUT2D eigenvalue weighted by atomic mass is 10.1. The Morgan fingerprint density at radius 2 is 2.14 bits per heavy atom. The molecular formula is C16H18ClN3O2. The standard InChI is InChI=1S/C16H18ClN3O2/c1-3-6-18-14(21)10-20(2)16(22)13-9-12(17)8-11-5-4-7-19-15(11)13/h4-5,7-9H,3,6,10H2,1-2H3,(H,18,21). The van der Waals surface area contributed by atoms with Crippen LogP contribution in [-0.2, 0) is 4.79 Å². The van der Waals surface area contributed by atoms with Gasteiger partial charge in [0.25, 0.3) is 5.91 Å². The highest BCUT2D eigenvalue weighted by Gasteiger charge is 2.18. The Morgan fingerprint density at radius 1 is 1.36 bits per heavy atom. The number of fused-ring (bicyclic) bond motifs is 1. The van der Waals surface area contributed by atoms with E-state index in [1.807, 2.05) is 13.0 Å². The predicted octanol–water partition coefficient (Wildman–Crippen LogP) is 2.49. The van der Waals surface area contributed by atoms with Crippen LogP contribution in [-0.4, -0.2) is 41.8 Å². The zero-order valence-corrected chi connectivity index (χ0v) is 13.4. The first-order valence-corrected chi connectivity index (χ1v) is 7.47. The van der Waals surface area contributed by atoms with Gasteiger partial charge in [-0.1, -0.05) is 24.6 Å². The molecule has 22 heavy (non-hydrogen) atoms. The maximum atomic E-state index is 12.6. The van der Waals surface area contributed by atoms with Crippen molar-refractivity contribution < 1.29 is 9.59 Å². The maximum Gasteiger partial charge on any atom is 0.256 e. The van der Waals surface area contributed by atoms with Gasteiger partial charge in [0.1, 0.15) is 0 Å². The maximum absolute atomic E-state index is 12.6. The summed E-state index contributed by atoms with van der Waals surface area (Å²) in [6.45, 7) is 2.57. The van der Waals surface area contributed by atoms with Crippen LogP contribution in [0.3, 0.4) is 0 Å². The van der Waals surface area contributed by atoms with Gasteiger partial charge in [0.15, 0.2) is 0 Å². The van der Waals surface area contributed by atoms with Crippen LogP contribution in [0.25, 0.3) is 10.9 Å². The van der Waals surface area contributed by atoms with E-state index in [-0.39, 0.29) is 18.4 Å². The van der Waals surface area contributed by atoms with E-state index in [2.05, 4.69) is 10.3 Å². The third-order valence-electron chi connectivity index (χ3n) is 3.20. The van der Waals surface area contributed by atoms with Gasteiger partial charge < -0.3 is 10.2 Å². The number of rotatable bonds is 5. The van der Waals surface area contributed by atoms with Gasteiger partial charge in [-0.25, -0.2) is 0 Å². The summed E-state index contributed by atoms with van der Waals surface area (Å²) in [6.07, 6.45) is 2.48. The minimum Gasteiger partial charge on any atom is -0.355 e. The van der Waals surface area contributed by atoms with Crippen LogP contribution >= 0.6 is 11.6 Å². The van der Waals surface area contributed by atoms with Crippen molar-refractivity contribution in [3.8, 4) is 0 Å². The number of hydrogen-bond donors (Lipinski definition) is 1. The monoisotopic (exact) mass is 319 g/mol. The molecule has 1 aromatic heterocycles. The highest BCUT2D eigenvalue weighted by molar-refractivity contribution is 6.32. The number of benzene rings is 1. The first-order chi connectivity index (χ1) is 10.5. The van der Waals surface area contributed by atoms with E-state index in [0.29, 0.717) is 22.6 Å². The van der Waals surface area contributed by atoms with Crippen LogP contribution in [0.4, 0.5) is 0 Å². The van der Waals surface area contributed by atoms with Crippen molar-refractivity contribution in [3.05, 3.63) is 41.0 Å². The van der Waals surface area contributed by atoms with E-state index in [0.717, 1.165) is 11.8 Å². The summed E-state index contributed by atoms with van der Waals surface area (Å²) >= 11 is 6.07. The first kappa shape index (κ1) is 16.2. The number of pyridine rings is 1. The van der Waals surface area contributed by atoms with E-state index < -0.39 is 0 Å². The molecule has 1 N–H and O–H groups in total. The average Bonchev–Trinajstić information content (AvgIpc) is 2.51. The second kappa shape index (κ2) is 7.22. The van der Waals surface area contributed by atoms with Crippen molar-refractivity contribution >= 4 is 34.3 Å². The molecule has 116 valence electrons. The number of halogens is 1. The molecule has 0 aliphatic carbocycles. The number of amides is 2. The lowest BCUT2D eigenvalue weighted by Gasteiger charge is -2.17. The first-order valence-electron chi connectivity index (χ1n) is 7.09. The Bertz CT molecular complexity index is 703. The molecule has 0 radical (unpaired) electrons. The Balaban J connectivity index is 2.24. The third kappa shape index (κ3) is 3.74. The molecule has 5 nitrogen and oxygen atoms in total. The number of carbonyl (C=O) groups excluding carboxylic acids is 2. The summed E-state index contributed by atoms with van der Waals surface area (Å²) in [5.74, 6) is -0.463. The number of nitrogens with one attached hydrogen (secondary N) is 1. The molecule has 0 atom stereocenters. The normalized spacial score (nSPS) is 10.5. The summed E-state index contributed by atoms with van der Waals surface area (Å²) in [5, 5.41) is 4.00. The predicted molar refractivity (Wildman–Crippen MR) is 87.0 cm³/mol. The minimum atomic E-state index is -0.280. The number of nitrogens with zero attached hydrogens (tertiary/aromatic N) is 2. The number of likely N-dealkylation sites (N-methyl/N-ethyl adjacent to an activating group) is 1. The van der Waals surface area contributed by atoms with Crippen LogP contribution in [0.2, 0.25) is 5.02 Å². The van der Waals surface area contributed by atoms with Gasteiger partial charge in [-0.3, -0.25) is 14.6 Å². The van der Waals surface area contributed by atoms with E-state index in [1.165, 1.54) is 4.90 Å². The fraction of sp³-hybridized carbons (Fsp3) is 0.312. The smallest absolute Gasteiger partial charge is 0.256 e. The van der Waals surface area contributed by atoms with Crippen molar-refractivity contribution in [2.24, 2.45) is 0 Å². The molecule has 2 rings (SSSR count). The summed E-state index contributed by atoms with van der Waals surface area (Å²) in [7, 11) is 1.59. The molecular weight excluding hydrogens is 302 g/mol. The summed E-state index contributed by atoms with van der Waals surface area (Å²) < 4.78 is 0. The third-order valence-corrected chi connectivity index (χ3v) is 3.42. The second-order valence-corrected chi connectivity index (χ2v) is 5.48. The van der Waals surface area contributed by atoms with Gasteiger partial charge in [-0.2, -0.15) is 0 Å². The Hall–Kier alpha value is -2.14. The zero-order valence-electron chi connectivity index (χ0n) is 12.6. The average molecular weight is 320 g/mol. The molecule has 0 aliphatic rings. The van der Waals surface area contributed by atoms with Gasteiger partial charge in [-0.05, 0) is 24.6 Å². The largest absolute Gasteiger partial charge is 0.355 e. The molecule has 2 aromatic rings. The molecule has 0 saturated carbocycles. The molecule has 6 heteroatoms. The number of hydrogen-bond acceptors (Lipinski definition) is 3. The van der Waals surface area contributed by atoms with Crippen molar-refractivity contribution in [3.63, 3.8) is 0 Å². The van der Waals surface area contributed by atoms with Crippen molar-refractivity contribution in [1.29, 1.82) is 0 Å². The van der Waals surface area contributed by atoms with E-state index in [1.54, 1.807) is 31.4 Å². The molecule has 0 unspecified atom stereocenters.